The van der Waals surface area contributed by atoms with Gasteiger partial charge in [0.05, 0.1) is 36.2 Å². The average molecular weight is 632 g/mol. The summed E-state index contributed by atoms with van der Waals surface area (Å²) in [6.45, 7) is 0.301. The molecular weight excluding hydrogens is 598 g/mol. The maximum atomic E-state index is 13.4. The SMILES string of the molecule is Nc1ccccc1NC(=O)c1ccc(CNC(=O)C2=C[C@@H](c3coc4ccccc4c3=O)C[C@@H](OCc3ccc(CO)cc3)O2)cc1. The van der Waals surface area contributed by atoms with Crippen LogP contribution >= 0.6 is 0 Å². The fourth-order valence-electron chi connectivity index (χ4n) is 5.26. The molecule has 2 atom stereocenters. The lowest BCUT2D eigenvalue weighted by atomic mass is 9.93. The first-order valence-electron chi connectivity index (χ1n) is 15.1. The molecule has 1 aliphatic heterocycles. The van der Waals surface area contributed by atoms with Crippen molar-refractivity contribution >= 4 is 34.2 Å². The molecule has 0 bridgehead atoms. The summed E-state index contributed by atoms with van der Waals surface area (Å²) in [5.41, 5.74) is 10.4. The van der Waals surface area contributed by atoms with E-state index in [1.165, 1.54) is 6.26 Å². The Bertz CT molecular complexity index is 1980. The van der Waals surface area contributed by atoms with Crippen molar-refractivity contribution < 1.29 is 28.6 Å². The van der Waals surface area contributed by atoms with E-state index in [1.54, 1.807) is 91.0 Å². The molecule has 0 radical (unpaired) electrons. The first-order chi connectivity index (χ1) is 22.9. The Morgan fingerprint density at radius 1 is 0.872 bits per heavy atom. The number of aliphatic hydroxyl groups excluding tert-OH is 1. The molecule has 5 N–H and O–H groups in total. The third-order valence-electron chi connectivity index (χ3n) is 7.91. The topological polar surface area (TPSA) is 153 Å². The first kappa shape index (κ1) is 31.3. The molecular formula is C37H33N3O7. The Labute approximate surface area is 270 Å². The summed E-state index contributed by atoms with van der Waals surface area (Å²) in [6.07, 6.45) is 2.51. The maximum Gasteiger partial charge on any atom is 0.286 e. The number of rotatable bonds is 10. The molecule has 1 aliphatic rings. The molecule has 4 aromatic carbocycles. The average Bonchev–Trinajstić information content (AvgIpc) is 3.11. The van der Waals surface area contributed by atoms with Crippen LogP contribution in [0.2, 0.25) is 0 Å². The minimum Gasteiger partial charge on any atom is -0.464 e. The number of hydrogen-bond donors (Lipinski definition) is 4. The fraction of sp³-hybridized carbons (Fsp3) is 0.162. The van der Waals surface area contributed by atoms with Gasteiger partial charge in [-0.1, -0.05) is 60.7 Å². The van der Waals surface area contributed by atoms with Gasteiger partial charge in [0.15, 0.2) is 11.2 Å². The van der Waals surface area contributed by atoms with E-state index in [1.807, 2.05) is 12.1 Å². The van der Waals surface area contributed by atoms with Crippen LogP contribution in [-0.4, -0.2) is 23.2 Å². The molecule has 0 saturated carbocycles. The number of anilines is 2. The van der Waals surface area contributed by atoms with Crippen molar-refractivity contribution in [2.45, 2.75) is 38.4 Å². The van der Waals surface area contributed by atoms with E-state index in [4.69, 9.17) is 19.6 Å². The summed E-state index contributed by atoms with van der Waals surface area (Å²) in [7, 11) is 0. The van der Waals surface area contributed by atoms with Crippen molar-refractivity contribution in [2.75, 3.05) is 11.1 Å². The van der Waals surface area contributed by atoms with Gasteiger partial charge in [0, 0.05) is 30.0 Å². The van der Waals surface area contributed by atoms with Crippen LogP contribution in [0.25, 0.3) is 11.0 Å². The minimum absolute atomic E-state index is 0.0193. The highest BCUT2D eigenvalue weighted by atomic mass is 16.7. The van der Waals surface area contributed by atoms with Crippen LogP contribution < -0.4 is 21.8 Å². The van der Waals surface area contributed by atoms with Crippen molar-refractivity contribution in [3.05, 3.63) is 153 Å². The lowest BCUT2D eigenvalue weighted by molar-refractivity contribution is -0.150. The van der Waals surface area contributed by atoms with E-state index in [0.717, 1.165) is 16.7 Å². The van der Waals surface area contributed by atoms with E-state index in [0.29, 0.717) is 33.5 Å². The van der Waals surface area contributed by atoms with Gasteiger partial charge in [-0.05, 0) is 59.2 Å². The number of benzene rings is 4. The van der Waals surface area contributed by atoms with Crippen LogP contribution in [0, 0.1) is 0 Å². The number of amides is 2. The van der Waals surface area contributed by atoms with Crippen LogP contribution in [0.3, 0.4) is 0 Å². The number of carbonyl (C=O) groups excluding carboxylic acids is 2. The molecule has 6 rings (SSSR count). The van der Waals surface area contributed by atoms with Crippen LogP contribution in [0.4, 0.5) is 11.4 Å². The summed E-state index contributed by atoms with van der Waals surface area (Å²) in [5, 5.41) is 15.4. The number of nitrogens with two attached hydrogens (primary N) is 1. The van der Waals surface area contributed by atoms with Crippen LogP contribution in [-0.2, 0) is 34.0 Å². The number of nitrogen functional groups attached to an aromatic ring is 1. The smallest absolute Gasteiger partial charge is 0.286 e. The molecule has 10 heteroatoms. The van der Waals surface area contributed by atoms with Gasteiger partial charge in [0.2, 0.25) is 6.29 Å². The normalized spacial score (nSPS) is 15.8. The fourth-order valence-corrected chi connectivity index (χ4v) is 5.26. The van der Waals surface area contributed by atoms with Crippen LogP contribution in [0.5, 0.6) is 0 Å². The molecule has 5 aromatic rings. The second-order valence-electron chi connectivity index (χ2n) is 11.1. The van der Waals surface area contributed by atoms with Crippen LogP contribution in [0.15, 0.2) is 124 Å². The zero-order valence-corrected chi connectivity index (χ0v) is 25.3. The number of nitrogens with one attached hydrogen (secondary N) is 2. The second kappa shape index (κ2) is 14.2. The van der Waals surface area contributed by atoms with Gasteiger partial charge in [0.1, 0.15) is 5.58 Å². The number of hydrogen-bond acceptors (Lipinski definition) is 8. The van der Waals surface area contributed by atoms with Gasteiger partial charge < -0.3 is 35.4 Å². The van der Waals surface area contributed by atoms with Crippen molar-refractivity contribution in [3.8, 4) is 0 Å². The molecule has 0 spiro atoms. The third kappa shape index (κ3) is 7.41. The molecule has 0 aliphatic carbocycles. The number of allylic oxidation sites excluding steroid dienone is 1. The maximum absolute atomic E-state index is 13.4. The first-order valence-corrected chi connectivity index (χ1v) is 15.1. The Morgan fingerprint density at radius 3 is 2.34 bits per heavy atom. The summed E-state index contributed by atoms with van der Waals surface area (Å²) >= 11 is 0. The monoisotopic (exact) mass is 631 g/mol. The van der Waals surface area contributed by atoms with Gasteiger partial charge in [0.25, 0.3) is 11.8 Å². The van der Waals surface area contributed by atoms with E-state index in [2.05, 4.69) is 10.6 Å². The standard InChI is InChI=1S/C37H33N3O7/c38-30-6-2-3-7-31(30)40-36(43)26-15-13-23(14-16-26)19-39-37(44)33-17-27(29-22-45-32-8-4-1-5-28(32)35(29)42)18-34(47-33)46-21-25-11-9-24(20-41)10-12-25/h1-17,22,27,34,41H,18-21,38H2,(H,39,44)(H,40,43)/t27-,34+/m1/s1. The zero-order chi connectivity index (χ0) is 32.8. The Hall–Kier alpha value is -5.71. The lowest BCUT2D eigenvalue weighted by Gasteiger charge is -2.29. The summed E-state index contributed by atoms with van der Waals surface area (Å²) in [4.78, 5) is 39.5. The Kier molecular flexibility index (Phi) is 9.42. The Balaban J connectivity index is 1.16. The summed E-state index contributed by atoms with van der Waals surface area (Å²) in [6, 6.07) is 28.1. The van der Waals surface area contributed by atoms with Gasteiger partial charge >= 0.3 is 0 Å². The quantitative estimate of drug-likeness (QED) is 0.150. The van der Waals surface area contributed by atoms with E-state index < -0.39 is 18.1 Å². The molecule has 2 heterocycles. The minimum atomic E-state index is -0.828. The molecule has 2 amide bonds. The molecule has 0 saturated heterocycles. The van der Waals surface area contributed by atoms with Crippen molar-refractivity contribution in [2.24, 2.45) is 0 Å². The van der Waals surface area contributed by atoms with Crippen molar-refractivity contribution in [3.63, 3.8) is 0 Å². The third-order valence-corrected chi connectivity index (χ3v) is 7.91. The number of para-hydroxylation sites is 3. The zero-order valence-electron chi connectivity index (χ0n) is 25.3. The van der Waals surface area contributed by atoms with Gasteiger partial charge in [-0.25, -0.2) is 0 Å². The van der Waals surface area contributed by atoms with Crippen LogP contribution in [0.1, 0.15) is 45.0 Å². The van der Waals surface area contributed by atoms with E-state index in [-0.39, 0.29) is 43.3 Å². The molecule has 0 unspecified atom stereocenters. The lowest BCUT2D eigenvalue weighted by Crippen LogP contribution is -2.33. The largest absolute Gasteiger partial charge is 0.464 e. The van der Waals surface area contributed by atoms with Crippen molar-refractivity contribution in [1.29, 1.82) is 0 Å². The molecule has 10 nitrogen and oxygen atoms in total. The molecule has 1 aromatic heterocycles. The highest BCUT2D eigenvalue weighted by molar-refractivity contribution is 6.05. The highest BCUT2D eigenvalue weighted by Gasteiger charge is 2.31. The molecule has 238 valence electrons. The van der Waals surface area contributed by atoms with Gasteiger partial charge in [-0.2, -0.15) is 0 Å². The highest BCUT2D eigenvalue weighted by Crippen LogP contribution is 2.31. The molecule has 0 fully saturated rings. The predicted octanol–water partition coefficient (Wildman–Crippen LogP) is 5.37. The van der Waals surface area contributed by atoms with Crippen molar-refractivity contribution in [1.82, 2.24) is 5.32 Å². The summed E-state index contributed by atoms with van der Waals surface area (Å²) in [5.74, 6) is -1.28. The number of carbonyl (C=O) groups is 2. The number of fused-ring (bicyclic) bond motifs is 1. The summed E-state index contributed by atoms with van der Waals surface area (Å²) < 4.78 is 17.8. The predicted molar refractivity (Wildman–Crippen MR) is 177 cm³/mol. The van der Waals surface area contributed by atoms with Gasteiger partial charge in [-0.3, -0.25) is 14.4 Å². The number of ether oxygens (including phenoxy) is 2. The van der Waals surface area contributed by atoms with E-state index >= 15 is 0 Å². The van der Waals surface area contributed by atoms with Gasteiger partial charge in [-0.15, -0.1) is 0 Å². The van der Waals surface area contributed by atoms with E-state index in [9.17, 15) is 19.5 Å². The molecule has 47 heavy (non-hydrogen) atoms. The Morgan fingerprint density at radius 2 is 1.57 bits per heavy atom. The number of aliphatic hydroxyl groups is 1. The second-order valence-corrected chi connectivity index (χ2v) is 11.1.